The van der Waals surface area contributed by atoms with E-state index in [1.165, 1.54) is 6.33 Å². The van der Waals surface area contributed by atoms with E-state index >= 15 is 0 Å². The number of fused-ring (bicyclic) bond motifs is 2. The van der Waals surface area contributed by atoms with E-state index in [-0.39, 0.29) is 0 Å². The highest BCUT2D eigenvalue weighted by Crippen LogP contribution is 2.25. The molecular formula is C21H15N3O. The first-order valence-corrected chi connectivity index (χ1v) is 7.95. The summed E-state index contributed by atoms with van der Waals surface area (Å²) in [6.07, 6.45) is 14.8. The number of allylic oxidation sites excluding steroid dienone is 5. The van der Waals surface area contributed by atoms with Crippen LogP contribution in [0.25, 0.3) is 17.0 Å². The first-order chi connectivity index (χ1) is 12.4. The highest BCUT2D eigenvalue weighted by molar-refractivity contribution is 5.88. The van der Waals surface area contributed by atoms with Crippen LogP contribution in [-0.4, -0.2) is 9.97 Å². The smallest absolute Gasteiger partial charge is 0.163 e. The summed E-state index contributed by atoms with van der Waals surface area (Å²) in [5.74, 6) is 1.34. The third-order valence-electron chi connectivity index (χ3n) is 3.75. The second-order valence-electron chi connectivity index (χ2n) is 5.43. The van der Waals surface area contributed by atoms with Gasteiger partial charge >= 0.3 is 0 Å². The molecule has 0 fully saturated rings. The molecule has 4 rings (SSSR count). The van der Waals surface area contributed by atoms with Crippen LogP contribution in [0.4, 0.5) is 5.82 Å². The molecule has 120 valence electrons. The Balaban J connectivity index is 2.02. The molecule has 2 bridgehead atoms. The highest BCUT2D eigenvalue weighted by Gasteiger charge is 2.04. The van der Waals surface area contributed by atoms with E-state index < -0.39 is 0 Å². The fourth-order valence-corrected chi connectivity index (χ4v) is 2.54. The van der Waals surface area contributed by atoms with Crippen LogP contribution in [0.1, 0.15) is 0 Å². The minimum Gasteiger partial charge on any atom is -0.465 e. The van der Waals surface area contributed by atoms with E-state index in [2.05, 4.69) is 9.97 Å². The largest absolute Gasteiger partial charge is 0.465 e. The number of nitrogens with zero attached hydrogens (tertiary/aromatic N) is 3. The van der Waals surface area contributed by atoms with Crippen LogP contribution < -0.4 is 15.3 Å². The number of rotatable bonds is 0. The number of para-hydroxylation sites is 1. The van der Waals surface area contributed by atoms with Gasteiger partial charge in [0.1, 0.15) is 12.1 Å². The highest BCUT2D eigenvalue weighted by atomic mass is 16.5. The van der Waals surface area contributed by atoms with Gasteiger partial charge in [0.15, 0.2) is 5.82 Å². The Kier molecular flexibility index (Phi) is 4.16. The SMILES string of the molecule is C1=CC=COc2ccc3ncnc(c3c2)N=c2ccccc2=CC=C1. The maximum absolute atomic E-state index is 5.65. The first kappa shape index (κ1) is 15.0. The molecule has 4 heteroatoms. The molecule has 0 atom stereocenters. The molecule has 0 amide bonds. The minimum absolute atomic E-state index is 0.622. The summed E-state index contributed by atoms with van der Waals surface area (Å²) in [4.78, 5) is 13.4. The minimum atomic E-state index is 0.622. The standard InChI is InChI=1S/C21H15N3O/c1-2-4-8-16-9-5-6-10-19(16)24-21-18-14-17(25-13-7-3-1)11-12-20(18)22-15-23-21/h1-15H. The molecule has 4 nitrogen and oxygen atoms in total. The van der Waals surface area contributed by atoms with Crippen LogP contribution >= 0.6 is 0 Å². The van der Waals surface area contributed by atoms with Crippen molar-refractivity contribution >= 4 is 22.8 Å². The zero-order valence-corrected chi connectivity index (χ0v) is 13.4. The van der Waals surface area contributed by atoms with Gasteiger partial charge in [-0.3, -0.25) is 0 Å². The summed E-state index contributed by atoms with van der Waals surface area (Å²) in [6, 6.07) is 13.7. The van der Waals surface area contributed by atoms with Gasteiger partial charge in [0, 0.05) is 10.6 Å². The average Bonchev–Trinajstić information content (AvgIpc) is 2.65. The summed E-state index contributed by atoms with van der Waals surface area (Å²) >= 11 is 0. The van der Waals surface area contributed by atoms with E-state index in [1.807, 2.05) is 78.9 Å². The zero-order chi connectivity index (χ0) is 16.9. The maximum atomic E-state index is 5.65. The quantitative estimate of drug-likeness (QED) is 0.636. The number of aromatic nitrogens is 2. The van der Waals surface area contributed by atoms with Crippen molar-refractivity contribution in [1.82, 2.24) is 9.97 Å². The first-order valence-electron chi connectivity index (χ1n) is 7.95. The van der Waals surface area contributed by atoms with Gasteiger partial charge in [0.2, 0.25) is 0 Å². The molecule has 0 unspecified atom stereocenters. The number of hydrogen-bond donors (Lipinski definition) is 0. The third-order valence-corrected chi connectivity index (χ3v) is 3.75. The molecule has 0 radical (unpaired) electrons. The molecule has 25 heavy (non-hydrogen) atoms. The lowest BCUT2D eigenvalue weighted by molar-refractivity contribution is 0.482. The molecule has 0 saturated carbocycles. The van der Waals surface area contributed by atoms with Crippen LogP contribution in [0.5, 0.6) is 5.75 Å². The molecule has 0 N–H and O–H groups in total. The van der Waals surface area contributed by atoms with E-state index in [0.717, 1.165) is 21.5 Å². The lowest BCUT2D eigenvalue weighted by atomic mass is 10.2. The molecule has 1 aliphatic rings. The van der Waals surface area contributed by atoms with Crippen molar-refractivity contribution in [2.75, 3.05) is 0 Å². The Morgan fingerprint density at radius 2 is 1.68 bits per heavy atom. The monoisotopic (exact) mass is 325 g/mol. The fraction of sp³-hybridized carbons (Fsp3) is 0. The normalized spacial score (nSPS) is 13.3. The predicted octanol–water partition coefficient (Wildman–Crippen LogP) is 3.38. The molecule has 2 aromatic carbocycles. The van der Waals surface area contributed by atoms with Gasteiger partial charge in [-0.1, -0.05) is 48.6 Å². The second-order valence-corrected chi connectivity index (χ2v) is 5.43. The van der Waals surface area contributed by atoms with E-state index in [4.69, 9.17) is 9.73 Å². The Hall–Kier alpha value is -3.53. The van der Waals surface area contributed by atoms with Gasteiger partial charge < -0.3 is 4.74 Å². The van der Waals surface area contributed by atoms with Crippen LogP contribution in [0.2, 0.25) is 0 Å². The molecule has 0 aliphatic carbocycles. The van der Waals surface area contributed by atoms with Crippen molar-refractivity contribution < 1.29 is 4.74 Å². The lowest BCUT2D eigenvalue weighted by Gasteiger charge is -2.04. The van der Waals surface area contributed by atoms with Gasteiger partial charge in [0.25, 0.3) is 0 Å². The third kappa shape index (κ3) is 3.38. The lowest BCUT2D eigenvalue weighted by Crippen LogP contribution is -2.23. The second kappa shape index (κ2) is 6.93. The summed E-state index contributed by atoms with van der Waals surface area (Å²) < 4.78 is 5.65. The Labute approximate surface area is 144 Å². The molecule has 1 aliphatic heterocycles. The molecule has 0 spiro atoms. The fourth-order valence-electron chi connectivity index (χ4n) is 2.54. The summed E-state index contributed by atoms with van der Waals surface area (Å²) in [7, 11) is 0. The van der Waals surface area contributed by atoms with Gasteiger partial charge in [0.05, 0.1) is 17.1 Å². The average molecular weight is 325 g/mol. The Morgan fingerprint density at radius 1 is 0.800 bits per heavy atom. The van der Waals surface area contributed by atoms with Gasteiger partial charge in [-0.15, -0.1) is 0 Å². The van der Waals surface area contributed by atoms with E-state index in [9.17, 15) is 0 Å². The predicted molar refractivity (Wildman–Crippen MR) is 98.9 cm³/mol. The molecule has 1 aromatic heterocycles. The summed E-state index contributed by atoms with van der Waals surface area (Å²) in [5, 5.41) is 2.73. The zero-order valence-electron chi connectivity index (χ0n) is 13.4. The van der Waals surface area contributed by atoms with Crippen LogP contribution in [0.3, 0.4) is 0 Å². The van der Waals surface area contributed by atoms with Crippen molar-refractivity contribution in [2.24, 2.45) is 4.99 Å². The number of ether oxygens (including phenoxy) is 1. The van der Waals surface area contributed by atoms with Crippen molar-refractivity contribution in [3.05, 3.63) is 96.0 Å². The van der Waals surface area contributed by atoms with Gasteiger partial charge in [-0.05, 0) is 30.3 Å². The van der Waals surface area contributed by atoms with Crippen LogP contribution in [0.15, 0.2) is 90.4 Å². The van der Waals surface area contributed by atoms with E-state index in [0.29, 0.717) is 11.6 Å². The van der Waals surface area contributed by atoms with Crippen molar-refractivity contribution in [3.63, 3.8) is 0 Å². The Morgan fingerprint density at radius 3 is 2.68 bits per heavy atom. The summed E-state index contributed by atoms with van der Waals surface area (Å²) in [6.45, 7) is 0. The van der Waals surface area contributed by atoms with E-state index in [1.54, 1.807) is 6.26 Å². The Bertz CT molecular complexity index is 1130. The van der Waals surface area contributed by atoms with Gasteiger partial charge in [-0.25, -0.2) is 15.0 Å². The van der Waals surface area contributed by atoms with Crippen LogP contribution in [-0.2, 0) is 0 Å². The van der Waals surface area contributed by atoms with Crippen molar-refractivity contribution in [1.29, 1.82) is 0 Å². The van der Waals surface area contributed by atoms with Crippen LogP contribution in [0, 0.1) is 0 Å². The summed E-state index contributed by atoms with van der Waals surface area (Å²) in [5.41, 5.74) is 0.829. The molecular weight excluding hydrogens is 310 g/mol. The molecule has 3 aromatic rings. The maximum Gasteiger partial charge on any atom is 0.163 e. The topological polar surface area (TPSA) is 47.4 Å². The molecule has 2 heterocycles. The molecule has 0 saturated heterocycles. The number of benzene rings is 2. The van der Waals surface area contributed by atoms with Crippen molar-refractivity contribution in [3.8, 4) is 5.75 Å². The number of hydrogen-bond acceptors (Lipinski definition) is 4. The van der Waals surface area contributed by atoms with Crippen molar-refractivity contribution in [2.45, 2.75) is 0 Å². The van der Waals surface area contributed by atoms with Gasteiger partial charge in [-0.2, -0.15) is 0 Å².